The van der Waals surface area contributed by atoms with Gasteiger partial charge in [0.1, 0.15) is 5.01 Å². The SMILES string of the molecule is CC(C)c1csc(C(NC2CC2)C2CCSC2)n1. The van der Waals surface area contributed by atoms with E-state index in [2.05, 4.69) is 36.3 Å². The van der Waals surface area contributed by atoms with Gasteiger partial charge in [-0.15, -0.1) is 11.3 Å². The lowest BCUT2D eigenvalue weighted by molar-refractivity contribution is 0.388. The number of nitrogens with one attached hydrogen (secondary N) is 1. The molecule has 2 heterocycles. The van der Waals surface area contributed by atoms with Crippen molar-refractivity contribution in [2.75, 3.05) is 11.5 Å². The minimum Gasteiger partial charge on any atom is -0.305 e. The predicted octanol–water partition coefficient (Wildman–Crippen LogP) is 3.81. The third kappa shape index (κ3) is 2.91. The molecule has 1 saturated heterocycles. The molecule has 2 fully saturated rings. The number of hydrogen-bond donors (Lipinski definition) is 1. The first-order valence-corrected chi connectivity index (χ1v) is 9.06. The van der Waals surface area contributed by atoms with E-state index in [1.54, 1.807) is 0 Å². The molecule has 18 heavy (non-hydrogen) atoms. The molecule has 0 amide bonds. The van der Waals surface area contributed by atoms with E-state index in [0.717, 1.165) is 12.0 Å². The fraction of sp³-hybridized carbons (Fsp3) is 0.786. The summed E-state index contributed by atoms with van der Waals surface area (Å²) >= 11 is 3.96. The van der Waals surface area contributed by atoms with Crippen LogP contribution < -0.4 is 5.32 Å². The molecular weight excluding hydrogens is 260 g/mol. The van der Waals surface area contributed by atoms with E-state index in [0.29, 0.717) is 12.0 Å². The summed E-state index contributed by atoms with van der Waals surface area (Å²) in [7, 11) is 0. The van der Waals surface area contributed by atoms with Crippen LogP contribution in [0, 0.1) is 5.92 Å². The lowest BCUT2D eigenvalue weighted by atomic mass is 9.99. The van der Waals surface area contributed by atoms with E-state index in [9.17, 15) is 0 Å². The van der Waals surface area contributed by atoms with E-state index in [4.69, 9.17) is 4.98 Å². The van der Waals surface area contributed by atoms with Crippen LogP contribution in [-0.2, 0) is 0 Å². The Hall–Kier alpha value is -0.0600. The second-order valence-corrected chi connectivity index (χ2v) is 7.85. The normalized spacial score (nSPS) is 25.8. The summed E-state index contributed by atoms with van der Waals surface area (Å²) in [5, 5.41) is 7.42. The number of rotatable bonds is 5. The first-order chi connectivity index (χ1) is 8.74. The average molecular weight is 282 g/mol. The Morgan fingerprint density at radius 2 is 2.17 bits per heavy atom. The van der Waals surface area contributed by atoms with Crippen LogP contribution in [-0.4, -0.2) is 22.5 Å². The second kappa shape index (κ2) is 5.51. The van der Waals surface area contributed by atoms with Crippen molar-refractivity contribution >= 4 is 23.1 Å². The molecule has 1 saturated carbocycles. The molecule has 1 N–H and O–H groups in total. The number of aromatic nitrogens is 1. The molecule has 0 radical (unpaired) electrons. The Morgan fingerprint density at radius 3 is 2.72 bits per heavy atom. The summed E-state index contributed by atoms with van der Waals surface area (Å²) in [6, 6.07) is 1.29. The quantitative estimate of drug-likeness (QED) is 0.889. The Labute approximate surface area is 118 Å². The van der Waals surface area contributed by atoms with Gasteiger partial charge >= 0.3 is 0 Å². The average Bonchev–Trinajstić information content (AvgIpc) is 2.87. The highest BCUT2D eigenvalue weighted by Gasteiger charge is 2.33. The van der Waals surface area contributed by atoms with Gasteiger partial charge in [-0.3, -0.25) is 0 Å². The van der Waals surface area contributed by atoms with E-state index >= 15 is 0 Å². The number of thioether (sulfide) groups is 1. The van der Waals surface area contributed by atoms with Gasteiger partial charge in [0.25, 0.3) is 0 Å². The molecule has 100 valence electrons. The van der Waals surface area contributed by atoms with Crippen LogP contribution in [0.2, 0.25) is 0 Å². The van der Waals surface area contributed by atoms with Crippen LogP contribution in [0.3, 0.4) is 0 Å². The van der Waals surface area contributed by atoms with Gasteiger partial charge in [0.05, 0.1) is 11.7 Å². The van der Waals surface area contributed by atoms with Crippen LogP contribution in [0.1, 0.15) is 55.8 Å². The molecule has 1 aliphatic heterocycles. The van der Waals surface area contributed by atoms with Crippen molar-refractivity contribution in [2.24, 2.45) is 5.92 Å². The number of nitrogens with zero attached hydrogens (tertiary/aromatic N) is 1. The van der Waals surface area contributed by atoms with Crippen LogP contribution >= 0.6 is 23.1 Å². The lowest BCUT2D eigenvalue weighted by Gasteiger charge is -2.22. The van der Waals surface area contributed by atoms with Gasteiger partial charge in [-0.05, 0) is 42.6 Å². The maximum Gasteiger partial charge on any atom is 0.110 e. The molecule has 2 aliphatic rings. The second-order valence-electron chi connectivity index (χ2n) is 5.81. The Bertz CT molecular complexity index is 392. The Kier molecular flexibility index (Phi) is 3.97. The van der Waals surface area contributed by atoms with Gasteiger partial charge in [-0.1, -0.05) is 13.8 Å². The summed E-state index contributed by atoms with van der Waals surface area (Å²) in [5.74, 6) is 3.98. The Morgan fingerprint density at radius 1 is 1.33 bits per heavy atom. The van der Waals surface area contributed by atoms with Gasteiger partial charge in [-0.25, -0.2) is 4.98 Å². The largest absolute Gasteiger partial charge is 0.305 e. The van der Waals surface area contributed by atoms with Crippen molar-refractivity contribution in [3.8, 4) is 0 Å². The van der Waals surface area contributed by atoms with E-state index < -0.39 is 0 Å². The van der Waals surface area contributed by atoms with Crippen LogP contribution in [0.5, 0.6) is 0 Å². The van der Waals surface area contributed by atoms with Gasteiger partial charge < -0.3 is 5.32 Å². The molecule has 2 atom stereocenters. The van der Waals surface area contributed by atoms with Crippen molar-refractivity contribution in [2.45, 2.75) is 51.1 Å². The maximum absolute atomic E-state index is 4.88. The van der Waals surface area contributed by atoms with Crippen molar-refractivity contribution in [1.82, 2.24) is 10.3 Å². The van der Waals surface area contributed by atoms with Crippen molar-refractivity contribution in [3.63, 3.8) is 0 Å². The predicted molar refractivity (Wildman–Crippen MR) is 80.5 cm³/mol. The summed E-state index contributed by atoms with van der Waals surface area (Å²) in [6.07, 6.45) is 4.07. The molecule has 0 bridgehead atoms. The molecule has 1 aliphatic carbocycles. The zero-order chi connectivity index (χ0) is 12.5. The van der Waals surface area contributed by atoms with E-state index in [-0.39, 0.29) is 0 Å². The van der Waals surface area contributed by atoms with Crippen molar-refractivity contribution in [1.29, 1.82) is 0 Å². The van der Waals surface area contributed by atoms with Crippen molar-refractivity contribution < 1.29 is 0 Å². The molecule has 4 heteroatoms. The number of thiazole rings is 1. The van der Waals surface area contributed by atoms with Crippen molar-refractivity contribution in [3.05, 3.63) is 16.1 Å². The molecule has 1 aromatic heterocycles. The molecule has 0 spiro atoms. The molecule has 2 unspecified atom stereocenters. The van der Waals surface area contributed by atoms with Crippen LogP contribution in [0.25, 0.3) is 0 Å². The van der Waals surface area contributed by atoms with Gasteiger partial charge in [0, 0.05) is 11.4 Å². The van der Waals surface area contributed by atoms with Gasteiger partial charge in [0.2, 0.25) is 0 Å². The number of hydrogen-bond acceptors (Lipinski definition) is 4. The standard InChI is InChI=1S/C14H22N2S2/c1-9(2)12-8-18-14(16-12)13(15-11-3-4-11)10-5-6-17-7-10/h8-11,13,15H,3-7H2,1-2H3. The zero-order valence-corrected chi connectivity index (χ0v) is 12.8. The summed E-state index contributed by atoms with van der Waals surface area (Å²) in [5.41, 5.74) is 1.27. The minimum atomic E-state index is 0.519. The summed E-state index contributed by atoms with van der Waals surface area (Å²) in [4.78, 5) is 4.88. The van der Waals surface area contributed by atoms with Crippen LogP contribution in [0.15, 0.2) is 5.38 Å². The third-order valence-corrected chi connectivity index (χ3v) is 5.96. The fourth-order valence-corrected chi connectivity index (χ4v) is 4.87. The smallest absolute Gasteiger partial charge is 0.110 e. The molecular formula is C14H22N2S2. The molecule has 0 aromatic carbocycles. The first-order valence-electron chi connectivity index (χ1n) is 7.03. The highest BCUT2D eigenvalue weighted by molar-refractivity contribution is 7.99. The zero-order valence-electron chi connectivity index (χ0n) is 11.2. The monoisotopic (exact) mass is 282 g/mol. The van der Waals surface area contributed by atoms with E-state index in [1.165, 1.54) is 41.5 Å². The molecule has 3 rings (SSSR count). The maximum atomic E-state index is 4.88. The van der Waals surface area contributed by atoms with E-state index in [1.807, 2.05) is 11.3 Å². The summed E-state index contributed by atoms with van der Waals surface area (Å²) < 4.78 is 0. The highest BCUT2D eigenvalue weighted by atomic mass is 32.2. The fourth-order valence-electron chi connectivity index (χ4n) is 2.44. The topological polar surface area (TPSA) is 24.9 Å². The minimum absolute atomic E-state index is 0.519. The lowest BCUT2D eigenvalue weighted by Crippen LogP contribution is -2.30. The summed E-state index contributed by atoms with van der Waals surface area (Å²) in [6.45, 7) is 4.46. The first kappa shape index (κ1) is 12.9. The van der Waals surface area contributed by atoms with Gasteiger partial charge in [-0.2, -0.15) is 11.8 Å². The molecule has 2 nitrogen and oxygen atoms in total. The molecule has 1 aromatic rings. The van der Waals surface area contributed by atoms with Crippen LogP contribution in [0.4, 0.5) is 0 Å². The van der Waals surface area contributed by atoms with Gasteiger partial charge in [0.15, 0.2) is 0 Å². The third-order valence-electron chi connectivity index (χ3n) is 3.83. The Balaban J connectivity index is 1.76. The highest BCUT2D eigenvalue weighted by Crippen LogP contribution is 2.38.